The summed E-state index contributed by atoms with van der Waals surface area (Å²) in [6, 6.07) is 16.5. The molecule has 4 atom stereocenters. The van der Waals surface area contributed by atoms with Crippen molar-refractivity contribution in [3.63, 3.8) is 0 Å². The second-order valence-electron chi connectivity index (χ2n) is 6.17. The highest BCUT2D eigenvalue weighted by Crippen LogP contribution is 2.26. The first-order valence-corrected chi connectivity index (χ1v) is 8.76. The molecule has 0 unspecified atom stereocenters. The zero-order valence-corrected chi connectivity index (χ0v) is 15.3. The number of hydrazine groups is 1. The quantitative estimate of drug-likeness (QED) is 0.416. The maximum absolute atomic E-state index is 12.5. The Morgan fingerprint density at radius 1 is 1.00 bits per heavy atom. The number of carbonyl (C=O) groups is 2. The summed E-state index contributed by atoms with van der Waals surface area (Å²) >= 11 is 0. The number of esters is 2. The van der Waals surface area contributed by atoms with Crippen LogP contribution in [0, 0.1) is 0 Å². The molecule has 0 saturated carbocycles. The van der Waals surface area contributed by atoms with Crippen molar-refractivity contribution in [3.05, 3.63) is 71.8 Å². The van der Waals surface area contributed by atoms with Gasteiger partial charge in [-0.15, -0.1) is 0 Å². The molecule has 1 heterocycles. The van der Waals surface area contributed by atoms with E-state index >= 15 is 0 Å². The van der Waals surface area contributed by atoms with Crippen LogP contribution in [0.4, 0.5) is 0 Å². The van der Waals surface area contributed by atoms with Crippen molar-refractivity contribution in [1.29, 1.82) is 0 Å². The Kier molecular flexibility index (Phi) is 6.72. The summed E-state index contributed by atoms with van der Waals surface area (Å²) in [5, 5.41) is 0. The second kappa shape index (κ2) is 9.43. The first kappa shape index (κ1) is 20.0. The molecule has 8 nitrogen and oxygen atoms in total. The summed E-state index contributed by atoms with van der Waals surface area (Å²) in [7, 11) is 1.45. The maximum atomic E-state index is 12.5. The van der Waals surface area contributed by atoms with Gasteiger partial charge in [0, 0.05) is 7.11 Å². The van der Waals surface area contributed by atoms with Gasteiger partial charge in [-0.1, -0.05) is 36.4 Å². The van der Waals surface area contributed by atoms with E-state index in [9.17, 15) is 9.59 Å². The Balaban J connectivity index is 1.70. The summed E-state index contributed by atoms with van der Waals surface area (Å²) in [6.07, 6.45) is -2.32. The topological polar surface area (TPSA) is 109 Å². The van der Waals surface area contributed by atoms with Gasteiger partial charge in [0.05, 0.1) is 11.1 Å². The minimum atomic E-state index is -0.814. The summed E-state index contributed by atoms with van der Waals surface area (Å²) in [5.41, 5.74) is 3.35. The highest BCUT2D eigenvalue weighted by atomic mass is 16.7. The lowest BCUT2D eigenvalue weighted by Gasteiger charge is -2.23. The fraction of sp³-hybridized carbons (Fsp3) is 0.300. The first-order valence-electron chi connectivity index (χ1n) is 8.76. The van der Waals surface area contributed by atoms with Crippen molar-refractivity contribution in [2.24, 2.45) is 5.84 Å². The van der Waals surface area contributed by atoms with Crippen molar-refractivity contribution in [1.82, 2.24) is 5.43 Å². The van der Waals surface area contributed by atoms with Gasteiger partial charge < -0.3 is 18.9 Å². The van der Waals surface area contributed by atoms with E-state index in [1.165, 1.54) is 7.11 Å². The smallest absolute Gasteiger partial charge is 0.338 e. The molecule has 0 radical (unpaired) electrons. The van der Waals surface area contributed by atoms with Gasteiger partial charge >= 0.3 is 11.9 Å². The average molecular weight is 386 g/mol. The van der Waals surface area contributed by atoms with Crippen LogP contribution in [-0.4, -0.2) is 50.2 Å². The normalized spacial score (nSPS) is 23.9. The van der Waals surface area contributed by atoms with Crippen LogP contribution in [0.3, 0.4) is 0 Å². The van der Waals surface area contributed by atoms with Crippen molar-refractivity contribution in [2.75, 3.05) is 13.7 Å². The number of nitrogens with one attached hydrogen (secondary N) is 1. The van der Waals surface area contributed by atoms with E-state index < -0.39 is 36.5 Å². The third kappa shape index (κ3) is 4.55. The predicted octanol–water partition coefficient (Wildman–Crippen LogP) is 1.27. The third-order valence-corrected chi connectivity index (χ3v) is 4.39. The lowest BCUT2D eigenvalue weighted by molar-refractivity contribution is -0.134. The largest absolute Gasteiger partial charge is 0.459 e. The number of rotatable bonds is 7. The van der Waals surface area contributed by atoms with Crippen molar-refractivity contribution >= 4 is 11.9 Å². The van der Waals surface area contributed by atoms with E-state index in [2.05, 4.69) is 5.43 Å². The zero-order chi connectivity index (χ0) is 19.9. The van der Waals surface area contributed by atoms with Crippen molar-refractivity contribution < 1.29 is 28.5 Å². The Hall–Kier alpha value is -2.78. The molecule has 0 spiro atoms. The zero-order valence-electron chi connectivity index (χ0n) is 15.3. The number of ether oxygens (including phenoxy) is 4. The fourth-order valence-corrected chi connectivity index (χ4v) is 2.96. The van der Waals surface area contributed by atoms with Gasteiger partial charge in [0.1, 0.15) is 18.8 Å². The highest BCUT2D eigenvalue weighted by molar-refractivity contribution is 5.90. The molecule has 1 saturated heterocycles. The molecule has 3 rings (SSSR count). The second-order valence-corrected chi connectivity index (χ2v) is 6.17. The lowest BCUT2D eigenvalue weighted by Crippen LogP contribution is -2.51. The number of methoxy groups -OCH3 is 1. The van der Waals surface area contributed by atoms with Gasteiger partial charge in [0.15, 0.2) is 12.4 Å². The van der Waals surface area contributed by atoms with Crippen LogP contribution in [0.25, 0.3) is 0 Å². The maximum Gasteiger partial charge on any atom is 0.338 e. The minimum absolute atomic E-state index is 0.126. The summed E-state index contributed by atoms with van der Waals surface area (Å²) in [6.45, 7) is -0.126. The molecule has 3 N–H and O–H groups in total. The molecule has 2 aromatic carbocycles. The number of benzene rings is 2. The van der Waals surface area contributed by atoms with Gasteiger partial charge in [0.2, 0.25) is 0 Å². The number of nitrogens with two attached hydrogens (primary N) is 1. The van der Waals surface area contributed by atoms with E-state index in [1.807, 2.05) is 0 Å². The Labute approximate surface area is 162 Å². The molecular weight excluding hydrogens is 364 g/mol. The van der Waals surface area contributed by atoms with Gasteiger partial charge in [-0.2, -0.15) is 0 Å². The van der Waals surface area contributed by atoms with Gasteiger partial charge in [-0.25, -0.2) is 15.0 Å². The average Bonchev–Trinajstić information content (AvgIpc) is 3.09. The van der Waals surface area contributed by atoms with Gasteiger partial charge in [-0.05, 0) is 24.3 Å². The van der Waals surface area contributed by atoms with Crippen LogP contribution >= 0.6 is 0 Å². The van der Waals surface area contributed by atoms with E-state index in [0.717, 1.165) is 0 Å². The van der Waals surface area contributed by atoms with Crippen molar-refractivity contribution in [2.45, 2.75) is 24.5 Å². The van der Waals surface area contributed by atoms with Crippen LogP contribution in [0.5, 0.6) is 0 Å². The molecule has 1 aliphatic heterocycles. The fourth-order valence-electron chi connectivity index (χ4n) is 2.96. The van der Waals surface area contributed by atoms with Crippen LogP contribution in [0.2, 0.25) is 0 Å². The molecule has 148 valence electrons. The van der Waals surface area contributed by atoms with E-state index in [0.29, 0.717) is 11.1 Å². The van der Waals surface area contributed by atoms with E-state index in [-0.39, 0.29) is 6.61 Å². The van der Waals surface area contributed by atoms with Crippen molar-refractivity contribution in [3.8, 4) is 0 Å². The first-order chi connectivity index (χ1) is 13.6. The van der Waals surface area contributed by atoms with Crippen LogP contribution < -0.4 is 11.3 Å². The van der Waals surface area contributed by atoms with E-state index in [1.54, 1.807) is 60.7 Å². The SMILES string of the molecule is CO[C@@H]1O[C@H](COC(=O)c2ccccc2)[C@@H](OC(=O)c2ccccc2)[C@H]1NN. The standard InChI is InChI=1S/C20H22N2O6/c1-25-20-16(22-21)17(28-19(24)14-10-6-3-7-11-14)15(27-20)12-26-18(23)13-8-4-2-5-9-13/h2-11,15-17,20,22H,12,21H2,1H3/t15-,16-,17-,20-/m1/s1. The molecule has 0 bridgehead atoms. The van der Waals surface area contributed by atoms with Gasteiger partial charge in [-0.3, -0.25) is 5.84 Å². The Morgan fingerprint density at radius 2 is 1.57 bits per heavy atom. The lowest BCUT2D eigenvalue weighted by atomic mass is 10.1. The molecular formula is C20H22N2O6. The summed E-state index contributed by atoms with van der Waals surface area (Å²) in [5.74, 6) is 4.56. The van der Waals surface area contributed by atoms with E-state index in [4.69, 9.17) is 24.8 Å². The van der Waals surface area contributed by atoms with Gasteiger partial charge in [0.25, 0.3) is 0 Å². The predicted molar refractivity (Wildman–Crippen MR) is 99.2 cm³/mol. The molecule has 1 aliphatic rings. The molecule has 2 aromatic rings. The highest BCUT2D eigenvalue weighted by Gasteiger charge is 2.47. The van der Waals surface area contributed by atoms with Crippen LogP contribution in [0.15, 0.2) is 60.7 Å². The molecule has 0 aromatic heterocycles. The Bertz CT molecular complexity index is 786. The molecule has 8 heteroatoms. The molecule has 28 heavy (non-hydrogen) atoms. The number of carbonyl (C=O) groups excluding carboxylic acids is 2. The molecule has 0 aliphatic carbocycles. The summed E-state index contributed by atoms with van der Waals surface area (Å²) < 4.78 is 21.9. The van der Waals surface area contributed by atoms with Crippen LogP contribution in [-0.2, 0) is 18.9 Å². The number of hydrogen-bond acceptors (Lipinski definition) is 8. The number of hydrogen-bond donors (Lipinski definition) is 2. The third-order valence-electron chi connectivity index (χ3n) is 4.39. The summed E-state index contributed by atoms with van der Waals surface area (Å²) in [4.78, 5) is 24.7. The minimum Gasteiger partial charge on any atom is -0.459 e. The Morgan fingerprint density at radius 3 is 2.11 bits per heavy atom. The molecule has 1 fully saturated rings. The monoisotopic (exact) mass is 386 g/mol. The van der Waals surface area contributed by atoms with Crippen LogP contribution in [0.1, 0.15) is 20.7 Å². The molecule has 0 amide bonds.